The molecular weight excluding hydrogens is 1210 g/mol. The van der Waals surface area contributed by atoms with Crippen LogP contribution in [0.3, 0.4) is 0 Å². The standard InChI is InChI=1S/C63H93N12O16P/c1-5-7-9-11-13-15-17-19-21-23-50(76)87-43-49(91-51(77)24-22-20-18-16-14-12-10-8-6-2)44-90-92(82,88-35-33-66-58(78)47-29-25-45(26-30-47)41-74-56-52(68-62(74)80)54(64)70-60(72-56)85-39-37-83-3)89-36-34-67-59(79)48-31-27-46(28-32-48)42-75-57-53(69-63(75)81)55(65)71-61(73-57)86-40-38-84-4/h25-32,49H,5-24,33-44H2,1-4H3,(H,66,78)(H,67,79)(H,68,80)(H,69,81)(H2,64,70,72)(H2,65,71,73). The van der Waals surface area contributed by atoms with Crippen LogP contribution in [-0.4, -0.2) is 149 Å². The Labute approximate surface area is 535 Å². The van der Waals surface area contributed by atoms with E-state index in [1.54, 1.807) is 48.5 Å². The number of carbonyl (C=O) groups excluding carboxylic acids is 4. The first-order valence-corrected chi connectivity index (χ1v) is 33.5. The molecule has 0 aliphatic heterocycles. The van der Waals surface area contributed by atoms with E-state index in [0.29, 0.717) is 24.0 Å². The number of esters is 2. The van der Waals surface area contributed by atoms with Crippen LogP contribution < -0.4 is 43.0 Å². The van der Waals surface area contributed by atoms with Gasteiger partial charge >= 0.3 is 43.2 Å². The van der Waals surface area contributed by atoms with Crippen LogP contribution in [0.15, 0.2) is 58.1 Å². The molecule has 1 unspecified atom stereocenters. The van der Waals surface area contributed by atoms with Crippen molar-refractivity contribution in [1.29, 1.82) is 0 Å². The lowest BCUT2D eigenvalue weighted by molar-refractivity contribution is -0.161. The number of ether oxygens (including phenoxy) is 6. The fraction of sp³-hybridized carbons (Fsp3) is 0.587. The number of rotatable bonds is 48. The molecule has 0 bridgehead atoms. The molecule has 0 saturated heterocycles. The summed E-state index contributed by atoms with van der Waals surface area (Å²) in [6.45, 7) is 3.30. The number of hydrogen-bond acceptors (Lipinski definition) is 22. The maximum atomic E-state index is 14.5. The van der Waals surface area contributed by atoms with Gasteiger partial charge in [-0.2, -0.15) is 19.9 Å². The third kappa shape index (κ3) is 25.0. The number of fused-ring (bicyclic) bond motifs is 2. The third-order valence-corrected chi connectivity index (χ3v) is 16.3. The summed E-state index contributed by atoms with van der Waals surface area (Å²) >= 11 is 0. The topological polar surface area (TPSA) is 372 Å². The van der Waals surface area contributed by atoms with Crippen molar-refractivity contribution in [2.45, 2.75) is 161 Å². The molecule has 0 aliphatic carbocycles. The fourth-order valence-corrected chi connectivity index (χ4v) is 10.9. The molecule has 6 rings (SSSR count). The van der Waals surface area contributed by atoms with Gasteiger partial charge < -0.3 is 60.5 Å². The van der Waals surface area contributed by atoms with Crippen LogP contribution >= 0.6 is 7.82 Å². The van der Waals surface area contributed by atoms with Crippen LogP contribution in [0.25, 0.3) is 22.3 Å². The number of nitrogen functional groups attached to an aromatic ring is 2. The number of nitrogens with zero attached hydrogens (tertiary/aromatic N) is 6. The van der Waals surface area contributed by atoms with Crippen molar-refractivity contribution < 1.29 is 65.7 Å². The van der Waals surface area contributed by atoms with Crippen molar-refractivity contribution in [3.63, 3.8) is 0 Å². The molecule has 1 atom stereocenters. The van der Waals surface area contributed by atoms with E-state index >= 15 is 0 Å². The number of benzene rings is 2. The average molecular weight is 1310 g/mol. The lowest BCUT2D eigenvalue weighted by atomic mass is 10.1. The Kier molecular flexibility index (Phi) is 32.1. The number of nitrogens with one attached hydrogen (secondary N) is 4. The molecule has 506 valence electrons. The molecule has 92 heavy (non-hydrogen) atoms. The van der Waals surface area contributed by atoms with E-state index < -0.39 is 68.9 Å². The van der Waals surface area contributed by atoms with Gasteiger partial charge in [-0.25, -0.2) is 14.2 Å². The van der Waals surface area contributed by atoms with E-state index in [2.05, 4.69) is 54.4 Å². The smallest absolute Gasteiger partial charge is 0.462 e. The van der Waals surface area contributed by atoms with Gasteiger partial charge in [0.15, 0.2) is 29.0 Å². The van der Waals surface area contributed by atoms with Gasteiger partial charge in [0.2, 0.25) is 0 Å². The van der Waals surface area contributed by atoms with E-state index in [1.165, 1.54) is 74.7 Å². The Morgan fingerprint density at radius 3 is 1.34 bits per heavy atom. The summed E-state index contributed by atoms with van der Waals surface area (Å²) in [5.74, 6) is -1.99. The average Bonchev–Trinajstić information content (AvgIpc) is 1.64. The second kappa shape index (κ2) is 40.3. The van der Waals surface area contributed by atoms with Crippen molar-refractivity contribution in [3.8, 4) is 12.0 Å². The Morgan fingerprint density at radius 2 is 0.924 bits per heavy atom. The second-order valence-corrected chi connectivity index (χ2v) is 23.8. The molecule has 0 aliphatic rings. The van der Waals surface area contributed by atoms with Gasteiger partial charge in [0, 0.05) is 51.3 Å². The normalized spacial score (nSPS) is 11.9. The third-order valence-electron chi connectivity index (χ3n) is 14.8. The number of imidazole rings is 2. The number of aromatic nitrogens is 8. The van der Waals surface area contributed by atoms with Crippen LogP contribution in [-0.2, 0) is 59.8 Å². The molecule has 0 radical (unpaired) electrons. The molecular formula is C63H93N12O16P. The van der Waals surface area contributed by atoms with E-state index in [4.69, 9.17) is 53.5 Å². The Bertz CT molecular complexity index is 3210. The van der Waals surface area contributed by atoms with Crippen LogP contribution in [0.2, 0.25) is 0 Å². The molecule has 6 aromatic rings. The number of H-pyrrole nitrogens is 2. The quantitative estimate of drug-likeness (QED) is 0.0118. The molecule has 0 saturated carbocycles. The number of methoxy groups -OCH3 is 2. The predicted molar refractivity (Wildman–Crippen MR) is 346 cm³/mol. The highest BCUT2D eigenvalue weighted by molar-refractivity contribution is 7.48. The number of nitrogens with two attached hydrogens (primary N) is 2. The highest BCUT2D eigenvalue weighted by atomic mass is 31.2. The summed E-state index contributed by atoms with van der Waals surface area (Å²) in [7, 11) is -1.56. The monoisotopic (exact) mass is 1300 g/mol. The highest BCUT2D eigenvalue weighted by Gasteiger charge is 2.31. The summed E-state index contributed by atoms with van der Waals surface area (Å²) < 4.78 is 67.1. The Balaban J connectivity index is 1.08. The summed E-state index contributed by atoms with van der Waals surface area (Å²) in [5.41, 5.74) is 14.0. The van der Waals surface area contributed by atoms with E-state index in [-0.39, 0.29) is 129 Å². The molecule has 29 heteroatoms. The zero-order valence-corrected chi connectivity index (χ0v) is 54.5. The van der Waals surface area contributed by atoms with Crippen LogP contribution in [0.1, 0.15) is 174 Å². The lowest BCUT2D eigenvalue weighted by Gasteiger charge is -2.22. The van der Waals surface area contributed by atoms with Crippen molar-refractivity contribution in [1.82, 2.24) is 49.7 Å². The summed E-state index contributed by atoms with van der Waals surface area (Å²) in [6, 6.07) is 12.8. The molecule has 2 amide bonds. The number of phosphoric ester groups is 1. The van der Waals surface area contributed by atoms with Crippen molar-refractivity contribution >= 4 is 65.5 Å². The molecule has 0 fully saturated rings. The fourth-order valence-electron chi connectivity index (χ4n) is 9.72. The van der Waals surface area contributed by atoms with E-state index in [9.17, 15) is 33.3 Å². The summed E-state index contributed by atoms with van der Waals surface area (Å²) in [4.78, 5) is 101. The number of hydrogen-bond donors (Lipinski definition) is 6. The van der Waals surface area contributed by atoms with Gasteiger partial charge in [0.25, 0.3) is 11.8 Å². The van der Waals surface area contributed by atoms with E-state index in [0.717, 1.165) is 51.4 Å². The maximum absolute atomic E-state index is 14.5. The summed E-state index contributed by atoms with van der Waals surface area (Å²) in [5, 5.41) is 5.43. The first-order chi connectivity index (χ1) is 44.6. The minimum atomic E-state index is -4.61. The minimum Gasteiger partial charge on any atom is -0.462 e. The SMILES string of the molecule is CCCCCCCCCCCC(=O)OCC(COP(=O)(OCCNC(=O)c1ccc(Cn2c(=O)[nH]c3c(N)nc(OCCOC)nc32)cc1)OCCNC(=O)c1ccc(Cn2c(=O)[nH]c3c(N)nc(OCCOC)nc32)cc1)OC(=O)CCCCCCCCCCC. The number of amides is 2. The van der Waals surface area contributed by atoms with Crippen LogP contribution in [0.4, 0.5) is 11.6 Å². The van der Waals surface area contributed by atoms with Gasteiger partial charge in [-0.1, -0.05) is 141 Å². The molecule has 4 aromatic heterocycles. The number of carbonyl (C=O) groups is 4. The molecule has 4 heterocycles. The first-order valence-electron chi connectivity index (χ1n) is 32.0. The number of unbranched alkanes of at least 4 members (excludes halogenated alkanes) is 16. The van der Waals surface area contributed by atoms with Crippen LogP contribution in [0.5, 0.6) is 12.0 Å². The molecule has 8 N–H and O–H groups in total. The predicted octanol–water partition coefficient (Wildman–Crippen LogP) is 8.48. The van der Waals surface area contributed by atoms with Crippen molar-refractivity contribution in [2.24, 2.45) is 0 Å². The first kappa shape index (κ1) is 73.3. The number of phosphoric acid groups is 1. The van der Waals surface area contributed by atoms with Gasteiger partial charge in [0.05, 0.1) is 46.1 Å². The van der Waals surface area contributed by atoms with Crippen molar-refractivity contribution in [2.75, 3.05) is 91.6 Å². The van der Waals surface area contributed by atoms with Gasteiger partial charge in [-0.05, 0) is 48.2 Å². The highest BCUT2D eigenvalue weighted by Crippen LogP contribution is 2.49. The zero-order chi connectivity index (χ0) is 65.9. The Morgan fingerprint density at radius 1 is 0.522 bits per heavy atom. The number of aromatic amines is 2. The van der Waals surface area contributed by atoms with Gasteiger partial charge in [-0.15, -0.1) is 0 Å². The van der Waals surface area contributed by atoms with Crippen LogP contribution in [0, 0.1) is 0 Å². The van der Waals surface area contributed by atoms with Crippen molar-refractivity contribution in [3.05, 3.63) is 91.8 Å². The largest absolute Gasteiger partial charge is 0.475 e. The zero-order valence-electron chi connectivity index (χ0n) is 53.6. The maximum Gasteiger partial charge on any atom is 0.475 e. The Hall–Kier alpha value is -7.75. The summed E-state index contributed by atoms with van der Waals surface area (Å²) in [6.07, 6.45) is 18.1. The molecule has 2 aromatic carbocycles. The van der Waals surface area contributed by atoms with Gasteiger partial charge in [-0.3, -0.25) is 41.9 Å². The number of anilines is 2. The van der Waals surface area contributed by atoms with E-state index in [1.807, 2.05) is 0 Å². The minimum absolute atomic E-state index is 0.0267. The second-order valence-electron chi connectivity index (χ2n) is 22.2. The molecule has 0 spiro atoms. The van der Waals surface area contributed by atoms with Gasteiger partial charge in [0.1, 0.15) is 30.9 Å². The lowest BCUT2D eigenvalue weighted by Crippen LogP contribution is -2.31. The molecule has 28 nitrogen and oxygen atoms in total.